The quantitative estimate of drug-likeness (QED) is 0.612. The molecule has 4 rings (SSSR count). The molecule has 1 aliphatic heterocycles. The molecule has 0 aliphatic carbocycles. The monoisotopic (exact) mass is 440 g/mol. The molecule has 158 valence electrons. The van der Waals surface area contributed by atoms with Gasteiger partial charge in [0.05, 0.1) is 18.1 Å². The SMILES string of the molecule is COc1cc([C@H]2C(C#N)=C(N)Oc3n[nH]c(C)c32)cc(Cl)c1OCc1ccc(F)cc1. The zero-order valence-corrected chi connectivity index (χ0v) is 17.5. The highest BCUT2D eigenvalue weighted by molar-refractivity contribution is 6.32. The van der Waals surface area contributed by atoms with Crippen molar-refractivity contribution in [1.82, 2.24) is 10.2 Å². The predicted molar refractivity (Wildman–Crippen MR) is 111 cm³/mol. The Morgan fingerprint density at radius 3 is 2.74 bits per heavy atom. The summed E-state index contributed by atoms with van der Waals surface area (Å²) in [5, 5.41) is 17.0. The lowest BCUT2D eigenvalue weighted by atomic mass is 9.84. The first kappa shape index (κ1) is 20.6. The summed E-state index contributed by atoms with van der Waals surface area (Å²) in [4.78, 5) is 0. The van der Waals surface area contributed by atoms with Gasteiger partial charge in [-0.2, -0.15) is 5.26 Å². The molecule has 3 aromatic rings. The van der Waals surface area contributed by atoms with Crippen LogP contribution >= 0.6 is 11.6 Å². The second-order valence-electron chi connectivity index (χ2n) is 6.94. The summed E-state index contributed by atoms with van der Waals surface area (Å²) in [5.41, 5.74) is 9.10. The number of allylic oxidation sites excluding steroid dienone is 1. The molecule has 7 nitrogen and oxygen atoms in total. The van der Waals surface area contributed by atoms with Crippen molar-refractivity contribution in [3.63, 3.8) is 0 Å². The third kappa shape index (κ3) is 3.76. The van der Waals surface area contributed by atoms with Gasteiger partial charge in [-0.1, -0.05) is 23.7 Å². The first-order valence-electron chi connectivity index (χ1n) is 9.30. The first-order chi connectivity index (χ1) is 14.9. The molecule has 1 atom stereocenters. The number of ether oxygens (including phenoxy) is 3. The van der Waals surface area contributed by atoms with Crippen LogP contribution in [0.15, 0.2) is 47.9 Å². The van der Waals surface area contributed by atoms with Gasteiger partial charge in [0.1, 0.15) is 24.1 Å². The van der Waals surface area contributed by atoms with Gasteiger partial charge in [0.15, 0.2) is 11.5 Å². The van der Waals surface area contributed by atoms with E-state index in [1.807, 2.05) is 6.92 Å². The molecule has 0 spiro atoms. The number of benzene rings is 2. The zero-order chi connectivity index (χ0) is 22.1. The van der Waals surface area contributed by atoms with Crippen LogP contribution in [0.3, 0.4) is 0 Å². The Bertz CT molecular complexity index is 1210. The number of H-pyrrole nitrogens is 1. The molecule has 0 radical (unpaired) electrons. The lowest BCUT2D eigenvalue weighted by Crippen LogP contribution is -2.21. The second kappa shape index (κ2) is 8.20. The summed E-state index contributed by atoms with van der Waals surface area (Å²) in [7, 11) is 1.49. The average Bonchev–Trinajstić information content (AvgIpc) is 3.12. The van der Waals surface area contributed by atoms with E-state index in [1.54, 1.807) is 24.3 Å². The van der Waals surface area contributed by atoms with E-state index in [0.29, 0.717) is 33.5 Å². The van der Waals surface area contributed by atoms with E-state index in [2.05, 4.69) is 16.3 Å². The van der Waals surface area contributed by atoms with Crippen molar-refractivity contribution in [2.75, 3.05) is 7.11 Å². The molecule has 2 aromatic carbocycles. The highest BCUT2D eigenvalue weighted by Gasteiger charge is 2.35. The van der Waals surface area contributed by atoms with Gasteiger partial charge in [-0.3, -0.25) is 5.10 Å². The van der Waals surface area contributed by atoms with Crippen molar-refractivity contribution in [3.05, 3.63) is 81.1 Å². The smallest absolute Gasteiger partial charge is 0.244 e. The fourth-order valence-electron chi connectivity index (χ4n) is 3.51. The Hall–Kier alpha value is -3.70. The van der Waals surface area contributed by atoms with E-state index in [1.165, 1.54) is 19.2 Å². The third-order valence-corrected chi connectivity index (χ3v) is 5.29. The maximum absolute atomic E-state index is 13.1. The standard InChI is InChI=1S/C22H18ClFN4O3/c1-11-18-19(15(9-25)21(26)31-22(18)28-27-11)13-7-16(23)20(17(8-13)29-2)30-10-12-3-5-14(24)6-4-12/h3-8,19H,10,26H2,1-2H3,(H,27,28)/t19-/m0/s1. The van der Waals surface area contributed by atoms with Crippen LogP contribution < -0.4 is 19.9 Å². The molecule has 0 saturated heterocycles. The van der Waals surface area contributed by atoms with E-state index in [-0.39, 0.29) is 23.9 Å². The van der Waals surface area contributed by atoms with Crippen molar-refractivity contribution in [1.29, 1.82) is 5.26 Å². The van der Waals surface area contributed by atoms with Crippen LogP contribution in [0.25, 0.3) is 0 Å². The number of aromatic amines is 1. The van der Waals surface area contributed by atoms with Gasteiger partial charge in [-0.05, 0) is 42.3 Å². The number of hydrogen-bond acceptors (Lipinski definition) is 6. The van der Waals surface area contributed by atoms with Gasteiger partial charge >= 0.3 is 0 Å². The van der Waals surface area contributed by atoms with Crippen molar-refractivity contribution in [2.45, 2.75) is 19.4 Å². The number of halogens is 2. The van der Waals surface area contributed by atoms with Crippen molar-refractivity contribution >= 4 is 11.6 Å². The van der Waals surface area contributed by atoms with Gasteiger partial charge in [0, 0.05) is 11.3 Å². The molecule has 0 unspecified atom stereocenters. The Balaban J connectivity index is 1.73. The van der Waals surface area contributed by atoms with Gasteiger partial charge in [0.2, 0.25) is 11.8 Å². The highest BCUT2D eigenvalue weighted by atomic mass is 35.5. The molecular weight excluding hydrogens is 423 g/mol. The molecule has 1 aliphatic rings. The maximum atomic E-state index is 13.1. The average molecular weight is 441 g/mol. The van der Waals surface area contributed by atoms with E-state index in [0.717, 1.165) is 11.3 Å². The number of nitrogens with two attached hydrogens (primary N) is 1. The predicted octanol–water partition coefficient (Wildman–Crippen LogP) is 4.32. The molecule has 31 heavy (non-hydrogen) atoms. The summed E-state index contributed by atoms with van der Waals surface area (Å²) in [6.07, 6.45) is 0. The van der Waals surface area contributed by atoms with Gasteiger partial charge in [0.25, 0.3) is 0 Å². The normalized spacial score (nSPS) is 15.1. The van der Waals surface area contributed by atoms with Crippen LogP contribution in [0.1, 0.15) is 28.3 Å². The Kier molecular flexibility index (Phi) is 5.44. The Morgan fingerprint density at radius 1 is 1.32 bits per heavy atom. The zero-order valence-electron chi connectivity index (χ0n) is 16.7. The van der Waals surface area contributed by atoms with Crippen LogP contribution in [0.2, 0.25) is 5.02 Å². The molecule has 3 N–H and O–H groups in total. The van der Waals surface area contributed by atoms with Gasteiger partial charge < -0.3 is 19.9 Å². The van der Waals surface area contributed by atoms with Crippen LogP contribution in [0.5, 0.6) is 17.4 Å². The summed E-state index contributed by atoms with van der Waals surface area (Å²) >= 11 is 6.54. The van der Waals surface area contributed by atoms with Crippen LogP contribution in [0.4, 0.5) is 4.39 Å². The molecule has 0 amide bonds. The van der Waals surface area contributed by atoms with Crippen molar-refractivity contribution in [2.24, 2.45) is 5.73 Å². The summed E-state index contributed by atoms with van der Waals surface area (Å²) < 4.78 is 30.0. The number of methoxy groups -OCH3 is 1. The minimum Gasteiger partial charge on any atom is -0.493 e. The topological polar surface area (TPSA) is 106 Å². The third-order valence-electron chi connectivity index (χ3n) is 5.01. The molecule has 0 bridgehead atoms. The molecule has 0 saturated carbocycles. The second-order valence-corrected chi connectivity index (χ2v) is 7.35. The van der Waals surface area contributed by atoms with Crippen LogP contribution in [-0.2, 0) is 6.61 Å². The fraction of sp³-hybridized carbons (Fsp3) is 0.182. The lowest BCUT2D eigenvalue weighted by molar-refractivity contribution is 0.284. The van der Waals surface area contributed by atoms with E-state index in [4.69, 9.17) is 31.5 Å². The molecular formula is C22H18ClFN4O3. The summed E-state index contributed by atoms with van der Waals surface area (Å²) in [5.74, 6) is 0.155. The summed E-state index contributed by atoms with van der Waals surface area (Å²) in [6.45, 7) is 2.01. The minimum atomic E-state index is -0.537. The van der Waals surface area contributed by atoms with E-state index in [9.17, 15) is 9.65 Å². The molecule has 0 fully saturated rings. The van der Waals surface area contributed by atoms with E-state index < -0.39 is 5.92 Å². The minimum absolute atomic E-state index is 0.0155. The lowest BCUT2D eigenvalue weighted by Gasteiger charge is -2.24. The number of hydrogen-bond donors (Lipinski definition) is 2. The number of nitriles is 1. The largest absolute Gasteiger partial charge is 0.493 e. The molecule has 9 heteroatoms. The molecule has 2 heterocycles. The molecule has 1 aromatic heterocycles. The Morgan fingerprint density at radius 2 is 2.06 bits per heavy atom. The first-order valence-corrected chi connectivity index (χ1v) is 9.67. The van der Waals surface area contributed by atoms with Gasteiger partial charge in [-0.25, -0.2) is 4.39 Å². The van der Waals surface area contributed by atoms with Crippen LogP contribution in [-0.4, -0.2) is 17.3 Å². The number of aromatic nitrogens is 2. The number of aryl methyl sites for hydroxylation is 1. The van der Waals surface area contributed by atoms with Crippen molar-refractivity contribution in [3.8, 4) is 23.4 Å². The fourth-order valence-corrected chi connectivity index (χ4v) is 3.79. The number of nitrogens with one attached hydrogen (secondary N) is 1. The number of rotatable bonds is 5. The van der Waals surface area contributed by atoms with Crippen molar-refractivity contribution < 1.29 is 18.6 Å². The van der Waals surface area contributed by atoms with E-state index >= 15 is 0 Å². The number of fused-ring (bicyclic) bond motifs is 1. The number of nitrogens with zero attached hydrogens (tertiary/aromatic N) is 2. The summed E-state index contributed by atoms with van der Waals surface area (Å²) in [6, 6.07) is 11.5. The maximum Gasteiger partial charge on any atom is 0.244 e. The van der Waals surface area contributed by atoms with Gasteiger partial charge in [-0.15, -0.1) is 5.10 Å². The Labute approximate surface area is 182 Å². The van der Waals surface area contributed by atoms with Crippen LogP contribution in [0, 0.1) is 24.1 Å². The highest BCUT2D eigenvalue weighted by Crippen LogP contribution is 2.46.